The molecule has 5 aromatic rings. The Morgan fingerprint density at radius 2 is 1.31 bits per heavy atom. The zero-order valence-electron chi connectivity index (χ0n) is 18.9. The number of hydrogen-bond acceptors (Lipinski definition) is 7. The van der Waals surface area contributed by atoms with Gasteiger partial charge in [-0.2, -0.15) is 0 Å². The van der Waals surface area contributed by atoms with E-state index in [1.54, 1.807) is 72.8 Å². The summed E-state index contributed by atoms with van der Waals surface area (Å²) in [6, 6.07) is 19.9. The summed E-state index contributed by atoms with van der Waals surface area (Å²) in [5, 5.41) is 23.0. The molecule has 0 amide bonds. The van der Waals surface area contributed by atoms with Crippen LogP contribution >= 0.6 is 0 Å². The zero-order chi connectivity index (χ0) is 24.5. The van der Waals surface area contributed by atoms with Gasteiger partial charge in [0.25, 0.3) is 0 Å². The molecule has 0 saturated carbocycles. The lowest BCUT2D eigenvalue weighted by Gasteiger charge is -2.20. The molecule has 0 spiro atoms. The summed E-state index contributed by atoms with van der Waals surface area (Å²) in [7, 11) is 0. The van der Waals surface area contributed by atoms with E-state index in [-0.39, 0.29) is 33.8 Å². The first kappa shape index (κ1) is 22.3. The number of benzene rings is 3. The number of hydrogen-bond donors (Lipinski definition) is 2. The van der Waals surface area contributed by atoms with Crippen LogP contribution in [-0.4, -0.2) is 16.8 Å². The van der Waals surface area contributed by atoms with Gasteiger partial charge in [-0.1, -0.05) is 43.3 Å². The van der Waals surface area contributed by atoms with Gasteiger partial charge in [0.2, 0.25) is 0 Å². The van der Waals surface area contributed by atoms with Crippen molar-refractivity contribution in [3.8, 4) is 17.2 Å². The Bertz CT molecular complexity index is 1560. The van der Waals surface area contributed by atoms with Gasteiger partial charge in [-0.05, 0) is 48.4 Å². The molecule has 176 valence electrons. The second-order valence-electron chi connectivity index (χ2n) is 8.15. The summed E-state index contributed by atoms with van der Waals surface area (Å²) < 4.78 is 16.7. The van der Waals surface area contributed by atoms with Crippen molar-refractivity contribution in [3.63, 3.8) is 0 Å². The summed E-state index contributed by atoms with van der Waals surface area (Å²) in [4.78, 5) is 26.4. The Morgan fingerprint density at radius 1 is 0.771 bits per heavy atom. The average Bonchev–Trinajstić information content (AvgIpc) is 2.86. The highest BCUT2D eigenvalue weighted by molar-refractivity contribution is 5.86. The molecule has 3 aromatic carbocycles. The van der Waals surface area contributed by atoms with E-state index in [2.05, 4.69) is 0 Å². The van der Waals surface area contributed by atoms with Gasteiger partial charge in [0.1, 0.15) is 28.4 Å². The van der Waals surface area contributed by atoms with Gasteiger partial charge >= 0.3 is 11.3 Å². The Morgan fingerprint density at radius 3 is 1.86 bits per heavy atom. The smallest absolute Gasteiger partial charge is 0.344 e. The molecule has 0 atom stereocenters. The lowest BCUT2D eigenvalue weighted by atomic mass is 9.84. The minimum atomic E-state index is -1.19. The zero-order valence-corrected chi connectivity index (χ0v) is 18.9. The van der Waals surface area contributed by atoms with Crippen LogP contribution in [0.15, 0.2) is 91.2 Å². The van der Waals surface area contributed by atoms with Gasteiger partial charge in [0.15, 0.2) is 0 Å². The highest BCUT2D eigenvalue weighted by Crippen LogP contribution is 2.42. The summed E-state index contributed by atoms with van der Waals surface area (Å²) in [6.07, 6.45) is 0.789. The van der Waals surface area contributed by atoms with E-state index in [0.29, 0.717) is 28.7 Å². The third-order valence-corrected chi connectivity index (χ3v) is 5.88. The number of fused-ring (bicyclic) bond motifs is 2. The maximum Gasteiger partial charge on any atom is 0.344 e. The fraction of sp³-hybridized carbons (Fsp3) is 0.143. The molecular formula is C28H22O7. The van der Waals surface area contributed by atoms with Gasteiger partial charge in [0.05, 0.1) is 34.4 Å². The Hall–Kier alpha value is -4.52. The van der Waals surface area contributed by atoms with Crippen LogP contribution in [0.4, 0.5) is 0 Å². The third-order valence-electron chi connectivity index (χ3n) is 5.88. The molecule has 35 heavy (non-hydrogen) atoms. The fourth-order valence-corrected chi connectivity index (χ4v) is 4.29. The summed E-state index contributed by atoms with van der Waals surface area (Å²) >= 11 is 0. The van der Waals surface area contributed by atoms with Gasteiger partial charge < -0.3 is 23.8 Å². The van der Waals surface area contributed by atoms with Crippen LogP contribution in [0.3, 0.4) is 0 Å². The summed E-state index contributed by atoms with van der Waals surface area (Å²) in [5.41, 5.74) is -1.20. The lowest BCUT2D eigenvalue weighted by Crippen LogP contribution is -2.21. The van der Waals surface area contributed by atoms with Crippen molar-refractivity contribution < 1.29 is 23.8 Å². The van der Waals surface area contributed by atoms with Crippen LogP contribution in [0.1, 0.15) is 36.0 Å². The van der Waals surface area contributed by atoms with Crippen LogP contribution < -0.4 is 16.0 Å². The maximum absolute atomic E-state index is 13.2. The topological polar surface area (TPSA) is 110 Å². The van der Waals surface area contributed by atoms with Crippen molar-refractivity contribution in [1.82, 2.24) is 0 Å². The molecule has 5 rings (SSSR count). The van der Waals surface area contributed by atoms with Crippen molar-refractivity contribution in [2.45, 2.75) is 19.3 Å². The quantitative estimate of drug-likeness (QED) is 0.325. The minimum absolute atomic E-state index is 0.186. The molecule has 2 aromatic heterocycles. The second kappa shape index (κ2) is 9.02. The van der Waals surface area contributed by atoms with Crippen molar-refractivity contribution in [2.24, 2.45) is 0 Å². The largest absolute Gasteiger partial charge is 0.507 e. The van der Waals surface area contributed by atoms with E-state index < -0.39 is 17.2 Å². The highest BCUT2D eigenvalue weighted by Gasteiger charge is 2.32. The second-order valence-corrected chi connectivity index (χ2v) is 8.15. The molecule has 0 bridgehead atoms. The molecule has 0 radical (unpaired) electrons. The van der Waals surface area contributed by atoms with E-state index in [4.69, 9.17) is 13.6 Å². The Balaban J connectivity index is 1.85. The first-order chi connectivity index (χ1) is 17.0. The normalized spacial score (nSPS) is 11.4. The van der Waals surface area contributed by atoms with Crippen LogP contribution in [0, 0.1) is 0 Å². The molecule has 0 saturated heterocycles. The first-order valence-corrected chi connectivity index (χ1v) is 11.2. The van der Waals surface area contributed by atoms with E-state index in [9.17, 15) is 19.8 Å². The highest BCUT2D eigenvalue weighted by atomic mass is 16.5. The van der Waals surface area contributed by atoms with Crippen LogP contribution in [0.2, 0.25) is 0 Å². The monoisotopic (exact) mass is 470 g/mol. The Kier molecular flexibility index (Phi) is 5.74. The standard InChI is InChI=1S/C28H22O7/c1-2-14-33-17-9-7-8-16(15-17)22(23-25(29)18-10-3-5-12-20(18)34-27(23)31)24-26(30)19-11-4-6-13-21(19)35-28(24)32/h3-13,15,22,29-30H,2,14H2,1H3. The Labute approximate surface area is 199 Å². The summed E-state index contributed by atoms with van der Waals surface area (Å²) in [6.45, 7) is 2.45. The van der Waals surface area contributed by atoms with Crippen molar-refractivity contribution >= 4 is 21.9 Å². The van der Waals surface area contributed by atoms with Crippen LogP contribution in [0.5, 0.6) is 17.2 Å². The molecular weight excluding hydrogens is 448 g/mol. The van der Waals surface area contributed by atoms with Gasteiger partial charge in [-0.25, -0.2) is 9.59 Å². The molecule has 0 aliphatic carbocycles. The molecule has 0 unspecified atom stereocenters. The van der Waals surface area contributed by atoms with Gasteiger partial charge in [0, 0.05) is 0 Å². The SMILES string of the molecule is CCCOc1cccc(C(c2c(O)c3ccccc3oc2=O)c2c(O)c3ccccc3oc2=O)c1. The lowest BCUT2D eigenvalue weighted by molar-refractivity contribution is 0.317. The van der Waals surface area contributed by atoms with Gasteiger partial charge in [-0.3, -0.25) is 0 Å². The maximum atomic E-state index is 13.2. The number of aromatic hydroxyl groups is 2. The molecule has 2 heterocycles. The predicted octanol–water partition coefficient (Wildman–Crippen LogP) is 5.28. The van der Waals surface area contributed by atoms with E-state index in [1.165, 1.54) is 0 Å². The number of para-hydroxylation sites is 2. The minimum Gasteiger partial charge on any atom is -0.507 e. The molecule has 7 heteroatoms. The number of ether oxygens (including phenoxy) is 1. The van der Waals surface area contributed by atoms with E-state index >= 15 is 0 Å². The third kappa shape index (κ3) is 3.91. The van der Waals surface area contributed by atoms with Crippen molar-refractivity contribution in [3.05, 3.63) is 110 Å². The van der Waals surface area contributed by atoms with E-state index in [1.807, 2.05) is 6.92 Å². The molecule has 0 aliphatic rings. The van der Waals surface area contributed by atoms with E-state index in [0.717, 1.165) is 6.42 Å². The van der Waals surface area contributed by atoms with Crippen molar-refractivity contribution in [1.29, 1.82) is 0 Å². The molecule has 7 nitrogen and oxygen atoms in total. The number of rotatable bonds is 6. The predicted molar refractivity (Wildman–Crippen MR) is 131 cm³/mol. The molecule has 0 fully saturated rings. The van der Waals surface area contributed by atoms with Crippen molar-refractivity contribution in [2.75, 3.05) is 6.61 Å². The fourth-order valence-electron chi connectivity index (χ4n) is 4.29. The van der Waals surface area contributed by atoms with Gasteiger partial charge in [-0.15, -0.1) is 0 Å². The average molecular weight is 470 g/mol. The first-order valence-electron chi connectivity index (χ1n) is 11.2. The molecule has 0 aliphatic heterocycles. The van der Waals surface area contributed by atoms with Crippen LogP contribution in [-0.2, 0) is 0 Å². The van der Waals surface area contributed by atoms with Crippen LogP contribution in [0.25, 0.3) is 21.9 Å². The summed E-state index contributed by atoms with van der Waals surface area (Å²) in [5.74, 6) is -1.35. The molecule has 2 N–H and O–H groups in total.